The topological polar surface area (TPSA) is 98.4 Å². The molecule has 0 fully saturated rings. The van der Waals surface area contributed by atoms with Gasteiger partial charge in [0.2, 0.25) is 0 Å². The number of anilines is 2. The van der Waals surface area contributed by atoms with Crippen LogP contribution in [0.2, 0.25) is 0 Å². The van der Waals surface area contributed by atoms with E-state index >= 15 is 0 Å². The summed E-state index contributed by atoms with van der Waals surface area (Å²) >= 11 is 4.57. The summed E-state index contributed by atoms with van der Waals surface area (Å²) in [6, 6.07) is 0.461. The van der Waals surface area contributed by atoms with Gasteiger partial charge in [-0.15, -0.1) is 11.3 Å². The molecule has 3 aromatic heterocycles. The maximum atomic E-state index is 14.0. The third-order valence-electron chi connectivity index (χ3n) is 6.28. The fourth-order valence-corrected chi connectivity index (χ4v) is 6.47. The zero-order chi connectivity index (χ0) is 25.6. The van der Waals surface area contributed by atoms with Crippen molar-refractivity contribution in [1.82, 2.24) is 9.78 Å². The molecule has 36 heavy (non-hydrogen) atoms. The smallest absolute Gasteiger partial charge is 0.410 e. The molecule has 3 aromatic rings. The van der Waals surface area contributed by atoms with Crippen molar-refractivity contribution in [1.29, 1.82) is 0 Å². The van der Waals surface area contributed by atoms with Gasteiger partial charge in [-0.2, -0.15) is 18.3 Å². The maximum absolute atomic E-state index is 14.0. The number of fused-ring (bicyclic) bond motifs is 2. The summed E-state index contributed by atoms with van der Waals surface area (Å²) in [6.45, 7) is 1.87. The van der Waals surface area contributed by atoms with Crippen molar-refractivity contribution in [2.75, 3.05) is 17.2 Å². The summed E-state index contributed by atoms with van der Waals surface area (Å²) in [7, 11) is 0. The van der Waals surface area contributed by atoms with Crippen LogP contribution in [0.4, 0.5) is 24.0 Å². The molecule has 0 unspecified atom stereocenters. The molecule has 0 saturated carbocycles. The fraction of sp³-hybridized carbons (Fsp3) is 0.435. The van der Waals surface area contributed by atoms with Gasteiger partial charge in [-0.1, -0.05) is 0 Å². The van der Waals surface area contributed by atoms with Crippen molar-refractivity contribution < 1.29 is 31.9 Å². The monoisotopic (exact) mass is 586 g/mol. The van der Waals surface area contributed by atoms with Crippen LogP contribution in [0, 0.1) is 0 Å². The van der Waals surface area contributed by atoms with Crippen molar-refractivity contribution in [3.05, 3.63) is 50.3 Å². The standard InChI is InChI=1S/C23H22BrF3N4O4S/c1-2-34-22(33)16-11-6-3-4-8-14(11)36-21(16)29-20(32)18-17(24)19-28-12(13-7-5-9-35-13)10-15(23(25,26)27)31(19)30-18/h5,7,9,12,15,28H,2-4,6,8,10H2,1H3,(H,29,32)/t12-,15+/m0/s1. The lowest BCUT2D eigenvalue weighted by Crippen LogP contribution is -2.35. The number of thiophene rings is 1. The second-order valence-corrected chi connectivity index (χ2v) is 10.4. The minimum absolute atomic E-state index is 0.0196. The van der Waals surface area contributed by atoms with Gasteiger partial charge < -0.3 is 19.8 Å². The normalized spacial score (nSPS) is 19.2. The lowest BCUT2D eigenvalue weighted by molar-refractivity contribution is -0.174. The Hall–Kier alpha value is -2.80. The number of hydrogen-bond donors (Lipinski definition) is 2. The molecule has 0 aromatic carbocycles. The molecule has 2 aliphatic rings. The number of hydrogen-bond acceptors (Lipinski definition) is 7. The van der Waals surface area contributed by atoms with E-state index in [9.17, 15) is 22.8 Å². The van der Waals surface area contributed by atoms with E-state index in [-0.39, 0.29) is 29.0 Å². The highest BCUT2D eigenvalue weighted by molar-refractivity contribution is 9.10. The SMILES string of the molecule is CCOC(=O)c1c(NC(=O)c2nn3c(c2Br)N[C@H](c2ccco2)C[C@@H]3C(F)(F)F)sc2c1CCCC2. The van der Waals surface area contributed by atoms with Crippen molar-refractivity contribution in [2.24, 2.45) is 0 Å². The van der Waals surface area contributed by atoms with Crippen LogP contribution in [0.5, 0.6) is 0 Å². The van der Waals surface area contributed by atoms with Gasteiger partial charge in [-0.25, -0.2) is 9.48 Å². The Bertz CT molecular complexity index is 1300. The van der Waals surface area contributed by atoms with E-state index in [1.165, 1.54) is 17.6 Å². The summed E-state index contributed by atoms with van der Waals surface area (Å²) < 4.78 is 53.4. The van der Waals surface area contributed by atoms with Gasteiger partial charge in [0, 0.05) is 11.3 Å². The fourth-order valence-electron chi connectivity index (χ4n) is 4.65. The zero-order valence-corrected chi connectivity index (χ0v) is 21.5. The van der Waals surface area contributed by atoms with E-state index in [4.69, 9.17) is 9.15 Å². The second-order valence-electron chi connectivity index (χ2n) is 8.55. The molecule has 1 aliphatic carbocycles. The number of rotatable bonds is 5. The van der Waals surface area contributed by atoms with Crippen molar-refractivity contribution >= 4 is 50.0 Å². The first-order chi connectivity index (χ1) is 17.2. The van der Waals surface area contributed by atoms with Gasteiger partial charge >= 0.3 is 12.1 Å². The quantitative estimate of drug-likeness (QED) is 0.342. The molecular weight excluding hydrogens is 565 g/mol. The minimum Gasteiger partial charge on any atom is -0.467 e. The summed E-state index contributed by atoms with van der Waals surface area (Å²) in [4.78, 5) is 27.0. The van der Waals surface area contributed by atoms with Crippen LogP contribution in [0.1, 0.15) is 75.3 Å². The number of amides is 1. The van der Waals surface area contributed by atoms with Crippen LogP contribution in [-0.4, -0.2) is 34.4 Å². The van der Waals surface area contributed by atoms with Gasteiger partial charge in [0.1, 0.15) is 16.6 Å². The third kappa shape index (κ3) is 4.42. The largest absolute Gasteiger partial charge is 0.467 e. The van der Waals surface area contributed by atoms with E-state index in [1.54, 1.807) is 19.1 Å². The van der Waals surface area contributed by atoms with Gasteiger partial charge in [-0.05, 0) is 66.2 Å². The second kappa shape index (κ2) is 9.58. The molecule has 192 valence electrons. The van der Waals surface area contributed by atoms with Gasteiger partial charge in [0.05, 0.1) is 28.9 Å². The van der Waals surface area contributed by atoms with Crippen LogP contribution in [0.15, 0.2) is 27.3 Å². The summed E-state index contributed by atoms with van der Waals surface area (Å²) in [5, 5.41) is 10.1. The molecule has 0 saturated heterocycles. The van der Waals surface area contributed by atoms with Gasteiger partial charge in [0.25, 0.3) is 5.91 Å². The molecule has 5 rings (SSSR count). The molecule has 1 aliphatic heterocycles. The highest BCUT2D eigenvalue weighted by Gasteiger charge is 2.48. The number of esters is 1. The number of alkyl halides is 3. The number of furan rings is 1. The lowest BCUT2D eigenvalue weighted by Gasteiger charge is -2.32. The Morgan fingerprint density at radius 3 is 2.83 bits per heavy atom. The van der Waals surface area contributed by atoms with Crippen LogP contribution in [0.3, 0.4) is 0 Å². The Morgan fingerprint density at radius 2 is 2.14 bits per heavy atom. The van der Waals surface area contributed by atoms with Crippen molar-refractivity contribution in [3.8, 4) is 0 Å². The Labute approximate surface area is 216 Å². The minimum atomic E-state index is -4.61. The van der Waals surface area contributed by atoms with E-state index < -0.39 is 30.1 Å². The number of aryl methyl sites for hydroxylation is 1. The number of ether oxygens (including phenoxy) is 1. The molecule has 4 heterocycles. The number of aromatic nitrogens is 2. The molecule has 0 radical (unpaired) electrons. The molecule has 2 N–H and O–H groups in total. The van der Waals surface area contributed by atoms with Crippen LogP contribution >= 0.6 is 27.3 Å². The van der Waals surface area contributed by atoms with Crippen LogP contribution in [-0.2, 0) is 17.6 Å². The number of nitrogens with zero attached hydrogens (tertiary/aromatic N) is 2. The van der Waals surface area contributed by atoms with E-state index in [0.717, 1.165) is 34.4 Å². The van der Waals surface area contributed by atoms with Crippen LogP contribution < -0.4 is 10.6 Å². The molecule has 8 nitrogen and oxygen atoms in total. The van der Waals surface area contributed by atoms with Gasteiger partial charge in [0.15, 0.2) is 11.7 Å². The number of carbonyl (C=O) groups excluding carboxylic acids is 2. The highest BCUT2D eigenvalue weighted by atomic mass is 79.9. The molecule has 1 amide bonds. The summed E-state index contributed by atoms with van der Waals surface area (Å²) in [5.74, 6) is -0.898. The van der Waals surface area contributed by atoms with E-state index in [1.807, 2.05) is 0 Å². The maximum Gasteiger partial charge on any atom is 0.410 e. The Balaban J connectivity index is 1.50. The Kier molecular flexibility index (Phi) is 6.62. The number of carbonyl (C=O) groups is 2. The molecule has 0 bridgehead atoms. The average molecular weight is 587 g/mol. The third-order valence-corrected chi connectivity index (χ3v) is 8.23. The van der Waals surface area contributed by atoms with Crippen molar-refractivity contribution in [2.45, 2.75) is 57.3 Å². The predicted molar refractivity (Wildman–Crippen MR) is 130 cm³/mol. The number of halogens is 4. The van der Waals surface area contributed by atoms with E-state index in [2.05, 4.69) is 31.7 Å². The first-order valence-corrected chi connectivity index (χ1v) is 13.1. The predicted octanol–water partition coefficient (Wildman–Crippen LogP) is 6.27. The first kappa shape index (κ1) is 24.9. The Morgan fingerprint density at radius 1 is 1.36 bits per heavy atom. The van der Waals surface area contributed by atoms with Crippen LogP contribution in [0.25, 0.3) is 0 Å². The molecular formula is C23H22BrF3N4O4S. The highest BCUT2D eigenvalue weighted by Crippen LogP contribution is 2.46. The lowest BCUT2D eigenvalue weighted by atomic mass is 9.95. The first-order valence-electron chi connectivity index (χ1n) is 11.5. The van der Waals surface area contributed by atoms with Crippen molar-refractivity contribution in [3.63, 3.8) is 0 Å². The average Bonchev–Trinajstić information content (AvgIpc) is 3.55. The number of nitrogens with one attached hydrogen (secondary N) is 2. The molecule has 13 heteroatoms. The summed E-state index contributed by atoms with van der Waals surface area (Å²) in [5.41, 5.74) is 0.950. The van der Waals surface area contributed by atoms with E-state index in [0.29, 0.717) is 22.7 Å². The molecule has 2 atom stereocenters. The van der Waals surface area contributed by atoms with Gasteiger partial charge in [-0.3, -0.25) is 4.79 Å². The summed E-state index contributed by atoms with van der Waals surface area (Å²) in [6.07, 6.45) is -0.191. The molecule has 0 spiro atoms. The zero-order valence-electron chi connectivity index (χ0n) is 19.1.